The fraction of sp³-hybridized carbons (Fsp3) is 0.286. The van der Waals surface area contributed by atoms with E-state index in [-0.39, 0.29) is 10.8 Å². The molecule has 0 aliphatic rings. The number of amides is 1. The van der Waals surface area contributed by atoms with Gasteiger partial charge in [-0.25, -0.2) is 12.7 Å². The maximum absolute atomic E-state index is 12.3. The Hall–Kier alpha value is -2.44. The summed E-state index contributed by atoms with van der Waals surface area (Å²) in [7, 11) is -0.608. The first-order chi connectivity index (χ1) is 12.6. The van der Waals surface area contributed by atoms with Crippen molar-refractivity contribution in [1.82, 2.24) is 4.31 Å². The predicted octanol–water partition coefficient (Wildman–Crippen LogP) is 4.02. The molecule has 5 nitrogen and oxygen atoms in total. The zero-order valence-corrected chi connectivity index (χ0v) is 17.2. The lowest BCUT2D eigenvalue weighted by Crippen LogP contribution is -2.22. The number of hydrogen-bond acceptors (Lipinski definition) is 3. The molecule has 1 amide bonds. The molecule has 0 fully saturated rings. The average molecular weight is 387 g/mol. The minimum absolute atomic E-state index is 0.140. The zero-order chi connectivity index (χ0) is 20.2. The minimum atomic E-state index is -3.55. The molecule has 144 valence electrons. The van der Waals surface area contributed by atoms with Gasteiger partial charge < -0.3 is 5.32 Å². The van der Waals surface area contributed by atoms with Crippen LogP contribution in [0.15, 0.2) is 53.4 Å². The highest BCUT2D eigenvalue weighted by atomic mass is 32.2. The van der Waals surface area contributed by atoms with Crippen molar-refractivity contribution in [3.8, 4) is 0 Å². The normalized spacial score (nSPS) is 12.1. The number of carbonyl (C=O) groups excluding carboxylic acids is 1. The van der Waals surface area contributed by atoms with Gasteiger partial charge in [-0.2, -0.15) is 0 Å². The average Bonchev–Trinajstić information content (AvgIpc) is 2.61. The molecule has 0 unspecified atom stereocenters. The molecule has 6 heteroatoms. The van der Waals surface area contributed by atoms with Gasteiger partial charge in [-0.3, -0.25) is 4.79 Å². The van der Waals surface area contributed by atoms with E-state index in [4.69, 9.17) is 0 Å². The van der Waals surface area contributed by atoms with Crippen LogP contribution in [0.3, 0.4) is 0 Å². The fourth-order valence-electron chi connectivity index (χ4n) is 2.45. The van der Waals surface area contributed by atoms with Gasteiger partial charge in [0.25, 0.3) is 0 Å². The van der Waals surface area contributed by atoms with E-state index in [0.29, 0.717) is 11.6 Å². The number of hydrogen-bond donors (Lipinski definition) is 1. The molecule has 0 aromatic heterocycles. The summed E-state index contributed by atoms with van der Waals surface area (Å²) in [4.78, 5) is 12.4. The van der Waals surface area contributed by atoms with Crippen LogP contribution in [0.5, 0.6) is 0 Å². The monoisotopic (exact) mass is 386 g/mol. The molecule has 1 N–H and O–H groups in total. The van der Waals surface area contributed by atoms with Crippen LogP contribution in [0.1, 0.15) is 36.5 Å². The van der Waals surface area contributed by atoms with Crippen molar-refractivity contribution >= 4 is 27.7 Å². The van der Waals surface area contributed by atoms with Crippen LogP contribution in [0.2, 0.25) is 0 Å². The SMILES string of the molecule is Cc1ccc(S(=O)(=O)N(C)C)cc1NC(=O)/C=C/c1ccc(C(C)C)cc1. The Morgan fingerprint density at radius 2 is 1.70 bits per heavy atom. The second kappa shape index (κ2) is 8.50. The van der Waals surface area contributed by atoms with Crippen molar-refractivity contribution in [2.45, 2.75) is 31.6 Å². The molecule has 0 saturated heterocycles. The Balaban J connectivity index is 2.15. The quantitative estimate of drug-likeness (QED) is 0.763. The molecule has 0 bridgehead atoms. The van der Waals surface area contributed by atoms with E-state index >= 15 is 0 Å². The molecule has 0 atom stereocenters. The van der Waals surface area contributed by atoms with Crippen LogP contribution >= 0.6 is 0 Å². The molecule has 2 aromatic rings. The first-order valence-corrected chi connectivity index (χ1v) is 10.2. The Labute approximate surface area is 161 Å². The number of nitrogens with one attached hydrogen (secondary N) is 1. The van der Waals surface area contributed by atoms with E-state index < -0.39 is 10.0 Å². The van der Waals surface area contributed by atoms with E-state index in [1.165, 1.54) is 37.9 Å². The van der Waals surface area contributed by atoms with Gasteiger partial charge in [0.15, 0.2) is 0 Å². The van der Waals surface area contributed by atoms with Gasteiger partial charge >= 0.3 is 0 Å². The number of carbonyl (C=O) groups is 1. The number of aryl methyl sites for hydroxylation is 1. The summed E-state index contributed by atoms with van der Waals surface area (Å²) in [6.45, 7) is 6.08. The first-order valence-electron chi connectivity index (χ1n) is 8.73. The van der Waals surface area contributed by atoms with Crippen molar-refractivity contribution in [3.05, 3.63) is 65.2 Å². The second-order valence-electron chi connectivity index (χ2n) is 6.91. The van der Waals surface area contributed by atoms with E-state index in [1.54, 1.807) is 12.1 Å². The summed E-state index contributed by atoms with van der Waals surface area (Å²) in [6, 6.07) is 12.7. The third kappa shape index (κ3) is 5.28. The molecule has 2 aromatic carbocycles. The van der Waals surface area contributed by atoms with Crippen LogP contribution in [-0.2, 0) is 14.8 Å². The second-order valence-corrected chi connectivity index (χ2v) is 9.06. The van der Waals surface area contributed by atoms with Gasteiger partial charge in [-0.05, 0) is 47.7 Å². The Kier molecular flexibility index (Phi) is 6.57. The van der Waals surface area contributed by atoms with Gasteiger partial charge in [0.1, 0.15) is 0 Å². The topological polar surface area (TPSA) is 66.5 Å². The lowest BCUT2D eigenvalue weighted by molar-refractivity contribution is -0.111. The summed E-state index contributed by atoms with van der Waals surface area (Å²) in [5.41, 5.74) is 3.43. The highest BCUT2D eigenvalue weighted by Crippen LogP contribution is 2.22. The number of sulfonamides is 1. The highest BCUT2D eigenvalue weighted by Gasteiger charge is 2.18. The summed E-state index contributed by atoms with van der Waals surface area (Å²) in [6.07, 6.45) is 3.17. The molecule has 0 radical (unpaired) electrons. The zero-order valence-electron chi connectivity index (χ0n) is 16.4. The van der Waals surface area contributed by atoms with Crippen molar-refractivity contribution < 1.29 is 13.2 Å². The lowest BCUT2D eigenvalue weighted by atomic mass is 10.0. The summed E-state index contributed by atoms with van der Waals surface area (Å²) in [5.74, 6) is 0.144. The molecule has 0 aliphatic carbocycles. The minimum Gasteiger partial charge on any atom is -0.322 e. The highest BCUT2D eigenvalue weighted by molar-refractivity contribution is 7.89. The smallest absolute Gasteiger partial charge is 0.248 e. The third-order valence-corrected chi connectivity index (χ3v) is 6.09. The van der Waals surface area contributed by atoms with Crippen LogP contribution in [0.25, 0.3) is 6.08 Å². The van der Waals surface area contributed by atoms with Crippen LogP contribution in [-0.4, -0.2) is 32.7 Å². The number of nitrogens with zero attached hydrogens (tertiary/aromatic N) is 1. The maximum Gasteiger partial charge on any atom is 0.248 e. The van der Waals surface area contributed by atoms with Gasteiger partial charge in [0.05, 0.1) is 4.90 Å². The third-order valence-electron chi connectivity index (χ3n) is 4.28. The molecular formula is C21H26N2O3S. The van der Waals surface area contributed by atoms with Crippen LogP contribution < -0.4 is 5.32 Å². The molecule has 27 heavy (non-hydrogen) atoms. The lowest BCUT2D eigenvalue weighted by Gasteiger charge is -2.14. The first kappa shape index (κ1) is 20.9. The van der Waals surface area contributed by atoms with Crippen molar-refractivity contribution in [2.75, 3.05) is 19.4 Å². The molecule has 2 rings (SSSR count). The van der Waals surface area contributed by atoms with E-state index in [0.717, 1.165) is 15.4 Å². The standard InChI is InChI=1S/C21H26N2O3S/c1-15(2)18-10-7-17(8-11-18)9-13-21(24)22-20-14-19(12-6-16(20)3)27(25,26)23(4)5/h6-15H,1-5H3,(H,22,24)/b13-9+. The maximum atomic E-state index is 12.3. The van der Waals surface area contributed by atoms with Crippen molar-refractivity contribution in [2.24, 2.45) is 0 Å². The number of anilines is 1. The molecule has 0 saturated carbocycles. The fourth-order valence-corrected chi connectivity index (χ4v) is 3.37. The Morgan fingerprint density at radius 3 is 2.26 bits per heavy atom. The van der Waals surface area contributed by atoms with E-state index in [1.807, 2.05) is 31.2 Å². The van der Waals surface area contributed by atoms with Gasteiger partial charge in [-0.1, -0.05) is 44.2 Å². The largest absolute Gasteiger partial charge is 0.322 e. The molecule has 0 spiro atoms. The van der Waals surface area contributed by atoms with Gasteiger partial charge in [0.2, 0.25) is 15.9 Å². The van der Waals surface area contributed by atoms with E-state index in [2.05, 4.69) is 19.2 Å². The molecular weight excluding hydrogens is 360 g/mol. The summed E-state index contributed by atoms with van der Waals surface area (Å²) >= 11 is 0. The summed E-state index contributed by atoms with van der Waals surface area (Å²) in [5, 5.41) is 2.75. The Morgan fingerprint density at radius 1 is 1.07 bits per heavy atom. The van der Waals surface area contributed by atoms with Gasteiger partial charge in [-0.15, -0.1) is 0 Å². The predicted molar refractivity (Wildman–Crippen MR) is 110 cm³/mol. The number of benzene rings is 2. The summed E-state index contributed by atoms with van der Waals surface area (Å²) < 4.78 is 25.7. The molecule has 0 aliphatic heterocycles. The van der Waals surface area contributed by atoms with Crippen LogP contribution in [0.4, 0.5) is 5.69 Å². The van der Waals surface area contributed by atoms with Crippen LogP contribution in [0, 0.1) is 6.92 Å². The number of rotatable bonds is 6. The molecule has 0 heterocycles. The Bertz CT molecular complexity index is 944. The van der Waals surface area contributed by atoms with E-state index in [9.17, 15) is 13.2 Å². The van der Waals surface area contributed by atoms with Crippen molar-refractivity contribution in [1.29, 1.82) is 0 Å². The van der Waals surface area contributed by atoms with Crippen molar-refractivity contribution in [3.63, 3.8) is 0 Å². The van der Waals surface area contributed by atoms with Gasteiger partial charge in [0, 0.05) is 25.9 Å².